The van der Waals surface area contributed by atoms with Crippen LogP contribution in [0.4, 0.5) is 0 Å². The van der Waals surface area contributed by atoms with E-state index in [1.807, 2.05) is 67.6 Å². The summed E-state index contributed by atoms with van der Waals surface area (Å²) in [5.41, 5.74) is 2.42. The van der Waals surface area contributed by atoms with Crippen molar-refractivity contribution in [3.63, 3.8) is 0 Å². The lowest BCUT2D eigenvalue weighted by molar-refractivity contribution is 0.0935. The molecule has 0 saturated carbocycles. The fourth-order valence-corrected chi connectivity index (χ4v) is 2.99. The van der Waals surface area contributed by atoms with Gasteiger partial charge in [-0.2, -0.15) is 0 Å². The zero-order valence-electron chi connectivity index (χ0n) is 13.4. The van der Waals surface area contributed by atoms with Gasteiger partial charge < -0.3 is 14.7 Å². The number of H-pyrrole nitrogens is 1. The van der Waals surface area contributed by atoms with Crippen LogP contribution in [0.2, 0.25) is 0 Å². The fraction of sp³-hybridized carbons (Fsp3) is 0.150. The van der Waals surface area contributed by atoms with E-state index in [0.29, 0.717) is 12.1 Å². The number of rotatable bonds is 4. The number of amides is 1. The second-order valence-electron chi connectivity index (χ2n) is 6.10. The van der Waals surface area contributed by atoms with E-state index in [1.54, 1.807) is 0 Å². The number of aromatic nitrogens is 1. The highest BCUT2D eigenvalue weighted by Crippen LogP contribution is 2.20. The van der Waals surface area contributed by atoms with Gasteiger partial charge in [-0.3, -0.25) is 4.79 Å². The molecule has 0 bridgehead atoms. The molecule has 2 N–H and O–H groups in total. The highest BCUT2D eigenvalue weighted by molar-refractivity contribution is 5.98. The van der Waals surface area contributed by atoms with Gasteiger partial charge in [-0.15, -0.1) is 0 Å². The third-order valence-corrected chi connectivity index (χ3v) is 4.14. The Morgan fingerprint density at radius 3 is 2.62 bits per heavy atom. The van der Waals surface area contributed by atoms with Crippen molar-refractivity contribution in [2.75, 3.05) is 0 Å². The number of aromatic amines is 1. The number of hydrogen-bond donors (Lipinski definition) is 2. The van der Waals surface area contributed by atoms with Crippen molar-refractivity contribution in [2.45, 2.75) is 19.4 Å². The second kappa shape index (κ2) is 5.89. The van der Waals surface area contributed by atoms with Gasteiger partial charge >= 0.3 is 0 Å². The minimum absolute atomic E-state index is 0.0236. The van der Waals surface area contributed by atoms with Crippen LogP contribution in [-0.4, -0.2) is 16.9 Å². The average molecular weight is 318 g/mol. The van der Waals surface area contributed by atoms with E-state index in [9.17, 15) is 4.79 Å². The van der Waals surface area contributed by atoms with Crippen molar-refractivity contribution in [1.29, 1.82) is 0 Å². The SMILES string of the molecule is CC(Cc1cc2ccccc2o1)NC(=O)c1cc2ccccc2[nH]1. The van der Waals surface area contributed by atoms with Gasteiger partial charge in [0.25, 0.3) is 5.91 Å². The van der Waals surface area contributed by atoms with E-state index in [1.165, 1.54) is 0 Å². The first-order valence-electron chi connectivity index (χ1n) is 8.05. The Kier molecular flexibility index (Phi) is 3.58. The van der Waals surface area contributed by atoms with Crippen LogP contribution in [0.3, 0.4) is 0 Å². The number of carbonyl (C=O) groups excluding carboxylic acids is 1. The summed E-state index contributed by atoms with van der Waals surface area (Å²) in [4.78, 5) is 15.6. The van der Waals surface area contributed by atoms with Crippen molar-refractivity contribution in [1.82, 2.24) is 10.3 Å². The molecule has 0 fully saturated rings. The van der Waals surface area contributed by atoms with Crippen molar-refractivity contribution >= 4 is 27.8 Å². The molecular formula is C20H18N2O2. The van der Waals surface area contributed by atoms with Gasteiger partial charge in [0, 0.05) is 28.8 Å². The standard InChI is InChI=1S/C20H18N2O2/c1-13(10-16-11-15-7-3-5-9-19(15)24-16)21-20(23)18-12-14-6-2-4-8-17(14)22-18/h2-9,11-13,22H,10H2,1H3,(H,21,23). The summed E-state index contributed by atoms with van der Waals surface area (Å²) in [7, 11) is 0. The van der Waals surface area contributed by atoms with Gasteiger partial charge in [0.05, 0.1) is 0 Å². The highest BCUT2D eigenvalue weighted by atomic mass is 16.3. The summed E-state index contributed by atoms with van der Waals surface area (Å²) in [6.45, 7) is 1.98. The predicted octanol–water partition coefficient (Wildman–Crippen LogP) is 4.28. The largest absolute Gasteiger partial charge is 0.461 e. The van der Waals surface area contributed by atoms with E-state index in [4.69, 9.17) is 4.42 Å². The van der Waals surface area contributed by atoms with Crippen molar-refractivity contribution in [3.05, 3.63) is 72.1 Å². The van der Waals surface area contributed by atoms with Gasteiger partial charge in [0.1, 0.15) is 17.0 Å². The van der Waals surface area contributed by atoms with Crippen LogP contribution in [0, 0.1) is 0 Å². The van der Waals surface area contributed by atoms with E-state index in [2.05, 4.69) is 10.3 Å². The van der Waals surface area contributed by atoms with Crippen LogP contribution in [0.1, 0.15) is 23.2 Å². The van der Waals surface area contributed by atoms with E-state index < -0.39 is 0 Å². The van der Waals surface area contributed by atoms with Crippen LogP contribution in [-0.2, 0) is 6.42 Å². The molecule has 24 heavy (non-hydrogen) atoms. The third-order valence-electron chi connectivity index (χ3n) is 4.14. The molecule has 4 rings (SSSR count). The first-order valence-corrected chi connectivity index (χ1v) is 8.05. The molecule has 4 nitrogen and oxygen atoms in total. The summed E-state index contributed by atoms with van der Waals surface area (Å²) in [6, 6.07) is 19.7. The lowest BCUT2D eigenvalue weighted by atomic mass is 10.1. The second-order valence-corrected chi connectivity index (χ2v) is 6.10. The Hall–Kier alpha value is -3.01. The van der Waals surface area contributed by atoms with E-state index >= 15 is 0 Å². The van der Waals surface area contributed by atoms with Gasteiger partial charge in [0.2, 0.25) is 0 Å². The summed E-state index contributed by atoms with van der Waals surface area (Å²) in [6.07, 6.45) is 0.653. The first kappa shape index (κ1) is 14.6. The Morgan fingerprint density at radius 2 is 1.83 bits per heavy atom. The fourth-order valence-electron chi connectivity index (χ4n) is 2.99. The molecule has 4 heteroatoms. The number of hydrogen-bond acceptors (Lipinski definition) is 2. The van der Waals surface area contributed by atoms with Crippen LogP contribution in [0.5, 0.6) is 0 Å². The Bertz CT molecular complexity index is 947. The minimum Gasteiger partial charge on any atom is -0.461 e. The average Bonchev–Trinajstić information content (AvgIpc) is 3.17. The Balaban J connectivity index is 1.46. The zero-order valence-corrected chi connectivity index (χ0v) is 13.4. The topological polar surface area (TPSA) is 58.0 Å². The molecule has 0 radical (unpaired) electrons. The van der Waals surface area contributed by atoms with Crippen molar-refractivity contribution in [2.24, 2.45) is 0 Å². The smallest absolute Gasteiger partial charge is 0.267 e. The van der Waals surface area contributed by atoms with E-state index in [0.717, 1.165) is 27.6 Å². The van der Waals surface area contributed by atoms with Gasteiger partial charge in [-0.25, -0.2) is 0 Å². The number of para-hydroxylation sites is 2. The van der Waals surface area contributed by atoms with Gasteiger partial charge in [-0.05, 0) is 31.2 Å². The third kappa shape index (κ3) is 2.78. The maximum absolute atomic E-state index is 12.4. The Labute approximate surface area is 139 Å². The molecule has 0 aliphatic carbocycles. The summed E-state index contributed by atoms with van der Waals surface area (Å²) < 4.78 is 5.81. The molecule has 120 valence electrons. The molecule has 4 aromatic rings. The lowest BCUT2D eigenvalue weighted by Gasteiger charge is -2.11. The zero-order chi connectivity index (χ0) is 16.5. The molecule has 1 amide bonds. The van der Waals surface area contributed by atoms with Crippen LogP contribution in [0.15, 0.2) is 65.1 Å². The number of carbonyl (C=O) groups is 1. The molecule has 2 heterocycles. The summed E-state index contributed by atoms with van der Waals surface area (Å²) in [5.74, 6) is 0.774. The first-order chi connectivity index (χ1) is 11.7. The number of fused-ring (bicyclic) bond motifs is 2. The normalized spacial score (nSPS) is 12.5. The number of nitrogens with one attached hydrogen (secondary N) is 2. The monoisotopic (exact) mass is 318 g/mol. The van der Waals surface area contributed by atoms with Gasteiger partial charge in [-0.1, -0.05) is 36.4 Å². The Morgan fingerprint density at radius 1 is 1.08 bits per heavy atom. The van der Waals surface area contributed by atoms with E-state index in [-0.39, 0.29) is 11.9 Å². The highest BCUT2D eigenvalue weighted by Gasteiger charge is 2.14. The number of benzene rings is 2. The quantitative estimate of drug-likeness (QED) is 0.590. The van der Waals surface area contributed by atoms with Crippen LogP contribution < -0.4 is 5.32 Å². The van der Waals surface area contributed by atoms with Crippen molar-refractivity contribution in [3.8, 4) is 0 Å². The summed E-state index contributed by atoms with van der Waals surface area (Å²) >= 11 is 0. The minimum atomic E-state index is -0.102. The maximum Gasteiger partial charge on any atom is 0.267 e. The molecule has 0 saturated heterocycles. The molecule has 2 aromatic heterocycles. The molecule has 0 spiro atoms. The molecule has 0 aliphatic rings. The maximum atomic E-state index is 12.4. The van der Waals surface area contributed by atoms with Crippen molar-refractivity contribution < 1.29 is 9.21 Å². The van der Waals surface area contributed by atoms with Gasteiger partial charge in [0.15, 0.2) is 0 Å². The summed E-state index contributed by atoms with van der Waals surface area (Å²) in [5, 5.41) is 5.14. The van der Waals surface area contributed by atoms with Crippen LogP contribution >= 0.6 is 0 Å². The molecular weight excluding hydrogens is 300 g/mol. The van der Waals surface area contributed by atoms with Crippen LogP contribution in [0.25, 0.3) is 21.9 Å². The molecule has 0 aliphatic heterocycles. The number of furan rings is 1. The lowest BCUT2D eigenvalue weighted by Crippen LogP contribution is -2.34. The molecule has 2 aromatic carbocycles. The molecule has 1 unspecified atom stereocenters. The predicted molar refractivity (Wildman–Crippen MR) is 95.1 cm³/mol. The molecule has 1 atom stereocenters.